The Morgan fingerprint density at radius 2 is 1.21 bits per heavy atom. The highest BCUT2D eigenvalue weighted by Crippen LogP contribution is 2.05. The van der Waals surface area contributed by atoms with Gasteiger partial charge in [0.05, 0.1) is 0 Å². The van der Waals surface area contributed by atoms with Gasteiger partial charge in [-0.2, -0.15) is 0 Å². The lowest BCUT2D eigenvalue weighted by atomic mass is 10.1. The SMILES string of the molecule is CCCCCCCCN(CC)CC.Cl. The third-order valence-corrected chi connectivity index (χ3v) is 2.72. The van der Waals surface area contributed by atoms with Gasteiger partial charge in [0.2, 0.25) is 0 Å². The maximum atomic E-state index is 2.51. The number of rotatable bonds is 9. The molecule has 0 aromatic heterocycles. The van der Waals surface area contributed by atoms with E-state index in [0.29, 0.717) is 0 Å². The average molecular weight is 222 g/mol. The van der Waals surface area contributed by atoms with Crippen molar-refractivity contribution in [3.8, 4) is 0 Å². The molecule has 0 radical (unpaired) electrons. The van der Waals surface area contributed by atoms with Crippen LogP contribution in [0.3, 0.4) is 0 Å². The van der Waals surface area contributed by atoms with E-state index >= 15 is 0 Å². The molecule has 0 saturated heterocycles. The minimum atomic E-state index is 0. The molecule has 0 aliphatic carbocycles. The molecule has 0 rings (SSSR count). The fraction of sp³-hybridized carbons (Fsp3) is 1.00. The van der Waals surface area contributed by atoms with Crippen molar-refractivity contribution in [1.82, 2.24) is 4.90 Å². The van der Waals surface area contributed by atoms with E-state index in [-0.39, 0.29) is 12.4 Å². The largest absolute Gasteiger partial charge is 0.304 e. The molecule has 0 bridgehead atoms. The smallest absolute Gasteiger partial charge is 0.00190 e. The zero-order valence-corrected chi connectivity index (χ0v) is 11.0. The summed E-state index contributed by atoms with van der Waals surface area (Å²) in [6.07, 6.45) is 8.48. The van der Waals surface area contributed by atoms with Gasteiger partial charge in [-0.15, -0.1) is 12.4 Å². The molecule has 0 aromatic carbocycles. The Balaban J connectivity index is 0. The maximum Gasteiger partial charge on any atom is -0.00190 e. The fourth-order valence-corrected chi connectivity index (χ4v) is 1.66. The van der Waals surface area contributed by atoms with Crippen LogP contribution in [0.1, 0.15) is 59.3 Å². The van der Waals surface area contributed by atoms with E-state index in [1.807, 2.05) is 0 Å². The molecule has 1 nitrogen and oxygen atoms in total. The summed E-state index contributed by atoms with van der Waals surface area (Å²) in [5.74, 6) is 0. The topological polar surface area (TPSA) is 3.24 Å². The van der Waals surface area contributed by atoms with Crippen molar-refractivity contribution in [1.29, 1.82) is 0 Å². The normalized spacial score (nSPS) is 10.3. The first-order valence-electron chi connectivity index (χ1n) is 6.07. The van der Waals surface area contributed by atoms with Gasteiger partial charge in [0.1, 0.15) is 0 Å². The molecular formula is C12H28ClN. The Morgan fingerprint density at radius 3 is 1.71 bits per heavy atom. The first-order valence-corrected chi connectivity index (χ1v) is 6.07. The van der Waals surface area contributed by atoms with Gasteiger partial charge in [-0.3, -0.25) is 0 Å². The van der Waals surface area contributed by atoms with E-state index in [4.69, 9.17) is 0 Å². The second-order valence-corrected chi connectivity index (χ2v) is 3.79. The highest BCUT2D eigenvalue weighted by molar-refractivity contribution is 5.85. The van der Waals surface area contributed by atoms with E-state index in [9.17, 15) is 0 Å². The predicted molar refractivity (Wildman–Crippen MR) is 68.4 cm³/mol. The van der Waals surface area contributed by atoms with Crippen LogP contribution in [-0.2, 0) is 0 Å². The summed E-state index contributed by atoms with van der Waals surface area (Å²) < 4.78 is 0. The Hall–Kier alpha value is 0.250. The molecular weight excluding hydrogens is 194 g/mol. The molecule has 0 heterocycles. The molecule has 0 N–H and O–H groups in total. The molecule has 0 amide bonds. The third-order valence-electron chi connectivity index (χ3n) is 2.72. The standard InChI is InChI=1S/C12H27N.ClH/c1-4-7-8-9-10-11-12-13(5-2)6-3;/h4-12H2,1-3H3;1H. The first-order chi connectivity index (χ1) is 6.35. The molecule has 0 aliphatic rings. The zero-order valence-electron chi connectivity index (χ0n) is 10.2. The molecule has 0 aromatic rings. The summed E-state index contributed by atoms with van der Waals surface area (Å²) in [6.45, 7) is 10.5. The van der Waals surface area contributed by atoms with Crippen LogP contribution in [0, 0.1) is 0 Å². The number of halogens is 1. The van der Waals surface area contributed by atoms with Gasteiger partial charge in [-0.05, 0) is 26.1 Å². The van der Waals surface area contributed by atoms with E-state index in [2.05, 4.69) is 25.7 Å². The van der Waals surface area contributed by atoms with Gasteiger partial charge in [0.15, 0.2) is 0 Å². The van der Waals surface area contributed by atoms with Gasteiger partial charge in [0.25, 0.3) is 0 Å². The van der Waals surface area contributed by atoms with Gasteiger partial charge in [-0.25, -0.2) is 0 Å². The van der Waals surface area contributed by atoms with E-state index in [1.165, 1.54) is 58.2 Å². The van der Waals surface area contributed by atoms with E-state index in [1.54, 1.807) is 0 Å². The minimum absolute atomic E-state index is 0. The quantitative estimate of drug-likeness (QED) is 0.530. The van der Waals surface area contributed by atoms with Crippen LogP contribution in [0.25, 0.3) is 0 Å². The molecule has 0 saturated carbocycles. The predicted octanol–water partition coefficient (Wildman–Crippen LogP) is 4.11. The fourth-order valence-electron chi connectivity index (χ4n) is 1.66. The van der Waals surface area contributed by atoms with Gasteiger partial charge in [0, 0.05) is 0 Å². The van der Waals surface area contributed by atoms with Gasteiger partial charge >= 0.3 is 0 Å². The van der Waals surface area contributed by atoms with Crippen molar-refractivity contribution in [3.05, 3.63) is 0 Å². The highest BCUT2D eigenvalue weighted by atomic mass is 35.5. The highest BCUT2D eigenvalue weighted by Gasteiger charge is 1.97. The van der Waals surface area contributed by atoms with Crippen molar-refractivity contribution in [2.24, 2.45) is 0 Å². The second kappa shape index (κ2) is 13.2. The number of hydrogen-bond donors (Lipinski definition) is 0. The molecule has 2 heteroatoms. The molecule has 0 atom stereocenters. The first kappa shape index (κ1) is 16.7. The Bertz CT molecular complexity index is 92.3. The Labute approximate surface area is 96.7 Å². The van der Waals surface area contributed by atoms with Crippen LogP contribution in [0.2, 0.25) is 0 Å². The molecule has 0 aliphatic heterocycles. The summed E-state index contributed by atoms with van der Waals surface area (Å²) in [7, 11) is 0. The summed E-state index contributed by atoms with van der Waals surface area (Å²) in [6, 6.07) is 0. The summed E-state index contributed by atoms with van der Waals surface area (Å²) in [5.41, 5.74) is 0. The van der Waals surface area contributed by atoms with Crippen LogP contribution < -0.4 is 0 Å². The van der Waals surface area contributed by atoms with E-state index in [0.717, 1.165) is 0 Å². The lowest BCUT2D eigenvalue weighted by Gasteiger charge is -2.17. The Kier molecular flexibility index (Phi) is 15.8. The molecule has 0 spiro atoms. The van der Waals surface area contributed by atoms with Crippen LogP contribution in [0.5, 0.6) is 0 Å². The zero-order chi connectivity index (χ0) is 9.94. The van der Waals surface area contributed by atoms with Crippen molar-refractivity contribution >= 4 is 12.4 Å². The molecule has 88 valence electrons. The average Bonchev–Trinajstić information content (AvgIpc) is 2.17. The second-order valence-electron chi connectivity index (χ2n) is 3.79. The van der Waals surface area contributed by atoms with Crippen LogP contribution in [0.4, 0.5) is 0 Å². The number of hydrogen-bond acceptors (Lipinski definition) is 1. The third kappa shape index (κ3) is 10.3. The molecule has 0 fully saturated rings. The van der Waals surface area contributed by atoms with Crippen molar-refractivity contribution in [2.45, 2.75) is 59.3 Å². The van der Waals surface area contributed by atoms with Crippen molar-refractivity contribution in [2.75, 3.05) is 19.6 Å². The number of unbranched alkanes of at least 4 members (excludes halogenated alkanes) is 5. The van der Waals surface area contributed by atoms with Crippen molar-refractivity contribution < 1.29 is 0 Å². The van der Waals surface area contributed by atoms with Crippen LogP contribution in [0.15, 0.2) is 0 Å². The summed E-state index contributed by atoms with van der Waals surface area (Å²) in [5, 5.41) is 0. The lowest BCUT2D eigenvalue weighted by Crippen LogP contribution is -2.23. The van der Waals surface area contributed by atoms with Crippen molar-refractivity contribution in [3.63, 3.8) is 0 Å². The maximum absolute atomic E-state index is 2.51. The monoisotopic (exact) mass is 221 g/mol. The van der Waals surface area contributed by atoms with Gasteiger partial charge in [-0.1, -0.05) is 52.9 Å². The van der Waals surface area contributed by atoms with Gasteiger partial charge < -0.3 is 4.90 Å². The van der Waals surface area contributed by atoms with E-state index < -0.39 is 0 Å². The molecule has 0 unspecified atom stereocenters. The minimum Gasteiger partial charge on any atom is -0.304 e. The molecule has 14 heavy (non-hydrogen) atoms. The van der Waals surface area contributed by atoms with Crippen LogP contribution >= 0.6 is 12.4 Å². The summed E-state index contributed by atoms with van der Waals surface area (Å²) in [4.78, 5) is 2.51. The summed E-state index contributed by atoms with van der Waals surface area (Å²) >= 11 is 0. The lowest BCUT2D eigenvalue weighted by molar-refractivity contribution is 0.295. The van der Waals surface area contributed by atoms with Crippen LogP contribution in [-0.4, -0.2) is 24.5 Å². The number of nitrogens with zero attached hydrogens (tertiary/aromatic N) is 1. The Morgan fingerprint density at radius 1 is 0.714 bits per heavy atom.